The summed E-state index contributed by atoms with van der Waals surface area (Å²) >= 11 is 0. The molecule has 0 bridgehead atoms. The summed E-state index contributed by atoms with van der Waals surface area (Å²) in [5, 5.41) is 30.0. The molecular formula is C10H9FN2O6. The number of nitrogens with one attached hydrogen (secondary N) is 1. The lowest BCUT2D eigenvalue weighted by atomic mass is 10.2. The number of carboxylic acids is 2. The minimum absolute atomic E-state index is 0.180. The van der Waals surface area contributed by atoms with Crippen LogP contribution in [0.25, 0.3) is 0 Å². The number of carboxylic acid groups (broad SMARTS) is 2. The number of rotatable bonds is 6. The molecule has 0 spiro atoms. The quantitative estimate of drug-likeness (QED) is 0.521. The number of benzene rings is 1. The van der Waals surface area contributed by atoms with Gasteiger partial charge in [-0.25, -0.2) is 9.18 Å². The van der Waals surface area contributed by atoms with Crippen LogP contribution >= 0.6 is 0 Å². The molecule has 1 rings (SSSR count). The lowest BCUT2D eigenvalue weighted by molar-refractivity contribution is -0.385. The molecule has 0 heterocycles. The van der Waals surface area contributed by atoms with Gasteiger partial charge in [-0.2, -0.15) is 0 Å². The van der Waals surface area contributed by atoms with Crippen LogP contribution in [0.4, 0.5) is 15.8 Å². The van der Waals surface area contributed by atoms with Gasteiger partial charge in [0.1, 0.15) is 11.9 Å². The van der Waals surface area contributed by atoms with E-state index >= 15 is 0 Å². The molecule has 0 aromatic heterocycles. The van der Waals surface area contributed by atoms with Crippen molar-refractivity contribution in [1.29, 1.82) is 0 Å². The fourth-order valence-corrected chi connectivity index (χ4v) is 1.34. The molecule has 19 heavy (non-hydrogen) atoms. The molecule has 0 amide bonds. The monoisotopic (exact) mass is 272 g/mol. The van der Waals surface area contributed by atoms with Crippen molar-refractivity contribution in [3.63, 3.8) is 0 Å². The molecule has 9 heteroatoms. The molecule has 1 aromatic carbocycles. The summed E-state index contributed by atoms with van der Waals surface area (Å²) in [4.78, 5) is 30.9. The molecule has 1 aromatic rings. The van der Waals surface area contributed by atoms with Crippen molar-refractivity contribution in [2.75, 3.05) is 5.32 Å². The number of carbonyl (C=O) groups is 2. The average Bonchev–Trinajstić information content (AvgIpc) is 2.26. The number of halogens is 1. The van der Waals surface area contributed by atoms with E-state index in [0.29, 0.717) is 6.07 Å². The lowest BCUT2D eigenvalue weighted by Crippen LogP contribution is -2.31. The molecule has 0 aliphatic heterocycles. The van der Waals surface area contributed by atoms with Gasteiger partial charge in [0.25, 0.3) is 5.69 Å². The van der Waals surface area contributed by atoms with E-state index in [0.717, 1.165) is 12.1 Å². The van der Waals surface area contributed by atoms with Gasteiger partial charge < -0.3 is 15.5 Å². The summed E-state index contributed by atoms with van der Waals surface area (Å²) in [5.74, 6) is -3.77. The summed E-state index contributed by atoms with van der Waals surface area (Å²) in [7, 11) is 0. The third-order valence-electron chi connectivity index (χ3n) is 2.11. The number of aliphatic carboxylic acids is 2. The normalized spacial score (nSPS) is 11.6. The summed E-state index contributed by atoms with van der Waals surface area (Å²) in [6.07, 6.45) is -0.750. The lowest BCUT2D eigenvalue weighted by Gasteiger charge is -2.13. The van der Waals surface area contributed by atoms with Gasteiger partial charge in [-0.15, -0.1) is 0 Å². The molecule has 0 saturated carbocycles. The highest BCUT2D eigenvalue weighted by molar-refractivity contribution is 5.83. The van der Waals surface area contributed by atoms with Crippen molar-refractivity contribution >= 4 is 23.3 Å². The molecule has 3 N–H and O–H groups in total. The van der Waals surface area contributed by atoms with E-state index in [1.54, 1.807) is 0 Å². The van der Waals surface area contributed by atoms with Crippen LogP contribution in [-0.4, -0.2) is 33.1 Å². The maximum atomic E-state index is 13.1. The van der Waals surface area contributed by atoms with Gasteiger partial charge in [-0.3, -0.25) is 14.9 Å². The second kappa shape index (κ2) is 5.76. The van der Waals surface area contributed by atoms with E-state index in [4.69, 9.17) is 10.2 Å². The van der Waals surface area contributed by atoms with Gasteiger partial charge in [-0.1, -0.05) is 0 Å². The zero-order valence-electron chi connectivity index (χ0n) is 9.37. The predicted octanol–water partition coefficient (Wildman–Crippen LogP) is 1.07. The Labute approximate surface area is 105 Å². The Hall–Kier alpha value is -2.71. The smallest absolute Gasteiger partial charge is 0.326 e. The number of hydrogen-bond donors (Lipinski definition) is 3. The molecular weight excluding hydrogens is 263 g/mol. The summed E-state index contributed by atoms with van der Waals surface area (Å²) in [6.45, 7) is 0. The van der Waals surface area contributed by atoms with E-state index in [1.807, 2.05) is 0 Å². The highest BCUT2D eigenvalue weighted by Gasteiger charge is 2.22. The van der Waals surface area contributed by atoms with E-state index in [2.05, 4.69) is 5.32 Å². The van der Waals surface area contributed by atoms with Crippen molar-refractivity contribution in [2.45, 2.75) is 12.5 Å². The molecule has 0 radical (unpaired) electrons. The third-order valence-corrected chi connectivity index (χ3v) is 2.11. The Kier molecular flexibility index (Phi) is 4.35. The van der Waals surface area contributed by atoms with Gasteiger partial charge in [0.15, 0.2) is 0 Å². The van der Waals surface area contributed by atoms with Crippen LogP contribution in [0.1, 0.15) is 6.42 Å². The highest BCUT2D eigenvalue weighted by Crippen LogP contribution is 2.21. The molecule has 8 nitrogen and oxygen atoms in total. The molecule has 0 saturated heterocycles. The minimum Gasteiger partial charge on any atom is -0.481 e. The van der Waals surface area contributed by atoms with E-state index in [9.17, 15) is 24.1 Å². The highest BCUT2D eigenvalue weighted by atomic mass is 19.1. The first-order valence-electron chi connectivity index (χ1n) is 4.95. The topological polar surface area (TPSA) is 130 Å². The summed E-state index contributed by atoms with van der Waals surface area (Å²) in [5.41, 5.74) is -0.748. The zero-order chi connectivity index (χ0) is 14.6. The van der Waals surface area contributed by atoms with Gasteiger partial charge in [0, 0.05) is 11.8 Å². The van der Waals surface area contributed by atoms with Crippen molar-refractivity contribution in [3.8, 4) is 0 Å². The van der Waals surface area contributed by atoms with Crippen LogP contribution in [0.15, 0.2) is 18.2 Å². The molecule has 1 unspecified atom stereocenters. The maximum Gasteiger partial charge on any atom is 0.326 e. The van der Waals surface area contributed by atoms with Gasteiger partial charge in [0.05, 0.1) is 17.4 Å². The van der Waals surface area contributed by atoms with Gasteiger partial charge in [-0.05, 0) is 6.07 Å². The fraction of sp³-hybridized carbons (Fsp3) is 0.200. The van der Waals surface area contributed by atoms with E-state index in [1.165, 1.54) is 0 Å². The number of hydrogen-bond acceptors (Lipinski definition) is 5. The number of nitro benzene ring substituents is 1. The molecule has 102 valence electrons. The predicted molar refractivity (Wildman–Crippen MR) is 60.4 cm³/mol. The van der Waals surface area contributed by atoms with Crippen molar-refractivity contribution in [1.82, 2.24) is 0 Å². The second-order valence-electron chi connectivity index (χ2n) is 3.59. The van der Waals surface area contributed by atoms with Crippen LogP contribution in [-0.2, 0) is 9.59 Å². The Balaban J connectivity index is 2.99. The summed E-state index contributed by atoms with van der Waals surface area (Å²) < 4.78 is 13.1. The second-order valence-corrected chi connectivity index (χ2v) is 3.59. The number of nitro groups is 1. The molecule has 1 atom stereocenters. The maximum absolute atomic E-state index is 13.1. The van der Waals surface area contributed by atoms with Crippen molar-refractivity contribution in [2.24, 2.45) is 0 Å². The Morgan fingerprint density at radius 1 is 1.37 bits per heavy atom. The van der Waals surface area contributed by atoms with Crippen molar-refractivity contribution < 1.29 is 29.1 Å². The van der Waals surface area contributed by atoms with Crippen LogP contribution in [0.2, 0.25) is 0 Å². The third kappa shape index (κ3) is 4.22. The van der Waals surface area contributed by atoms with Crippen molar-refractivity contribution in [3.05, 3.63) is 34.1 Å². The average molecular weight is 272 g/mol. The van der Waals surface area contributed by atoms with E-state index in [-0.39, 0.29) is 5.69 Å². The first kappa shape index (κ1) is 14.4. The summed E-state index contributed by atoms with van der Waals surface area (Å²) in [6, 6.07) is 0.906. The Morgan fingerprint density at radius 2 is 2.00 bits per heavy atom. The standard InChI is InChI=1S/C10H9FN2O6/c11-5-1-6(3-7(2-5)13(18)19)12-8(10(16)17)4-9(14)15/h1-3,8,12H,4H2,(H,14,15)(H,16,17). The first-order valence-corrected chi connectivity index (χ1v) is 4.95. The Morgan fingerprint density at radius 3 is 2.47 bits per heavy atom. The molecule has 0 fully saturated rings. The number of nitrogens with zero attached hydrogens (tertiary/aromatic N) is 1. The van der Waals surface area contributed by atoms with Gasteiger partial charge in [0.2, 0.25) is 0 Å². The first-order chi connectivity index (χ1) is 8.79. The van der Waals surface area contributed by atoms with Gasteiger partial charge >= 0.3 is 11.9 Å². The molecule has 0 aliphatic rings. The zero-order valence-corrected chi connectivity index (χ0v) is 9.37. The van der Waals surface area contributed by atoms with Crippen LogP contribution < -0.4 is 5.32 Å². The van der Waals surface area contributed by atoms with Crippen LogP contribution in [0.5, 0.6) is 0 Å². The van der Waals surface area contributed by atoms with E-state index < -0.39 is 40.8 Å². The number of non-ortho nitro benzene ring substituents is 1. The number of anilines is 1. The SMILES string of the molecule is O=C(O)CC(Nc1cc(F)cc([N+](=O)[O-])c1)C(=O)O. The largest absolute Gasteiger partial charge is 0.481 e. The minimum atomic E-state index is -1.51. The van der Waals surface area contributed by atoms with Crippen LogP contribution in [0, 0.1) is 15.9 Å². The van der Waals surface area contributed by atoms with Crippen LogP contribution in [0.3, 0.4) is 0 Å². The fourth-order valence-electron chi connectivity index (χ4n) is 1.34. The molecule has 0 aliphatic carbocycles. The Bertz CT molecular complexity index is 533.